The first-order valence-electron chi connectivity index (χ1n) is 5.17. The van der Waals surface area contributed by atoms with Crippen LogP contribution in [0.1, 0.15) is 19.4 Å². The molecule has 0 aliphatic heterocycles. The van der Waals surface area contributed by atoms with Crippen molar-refractivity contribution in [2.24, 2.45) is 0 Å². The minimum Gasteiger partial charge on any atom is -0.479 e. The van der Waals surface area contributed by atoms with Gasteiger partial charge in [0.1, 0.15) is 5.75 Å². The van der Waals surface area contributed by atoms with Gasteiger partial charge >= 0.3 is 5.97 Å². The summed E-state index contributed by atoms with van der Waals surface area (Å²) < 4.78 is 10.3. The van der Waals surface area contributed by atoms with Crippen molar-refractivity contribution in [1.29, 1.82) is 0 Å². The van der Waals surface area contributed by atoms with Crippen LogP contribution < -0.4 is 4.74 Å². The van der Waals surface area contributed by atoms with E-state index in [0.717, 1.165) is 10.5 Å². The van der Waals surface area contributed by atoms with E-state index >= 15 is 0 Å². The summed E-state index contributed by atoms with van der Waals surface area (Å²) in [5.41, 5.74) is 1.01. The summed E-state index contributed by atoms with van der Waals surface area (Å²) >= 11 is 4.26. The lowest BCUT2D eigenvalue weighted by Gasteiger charge is -2.14. The molecule has 0 spiro atoms. The van der Waals surface area contributed by atoms with Crippen LogP contribution in [0.5, 0.6) is 5.75 Å². The highest BCUT2D eigenvalue weighted by Gasteiger charge is 2.15. The first kappa shape index (κ1) is 12.9. The molecule has 1 unspecified atom stereocenters. The SMILES string of the molecule is CCOC(=O)C(C)Oc1ccc(S)c(C)c1. The fourth-order valence-corrected chi connectivity index (χ4v) is 1.35. The Balaban J connectivity index is 2.66. The van der Waals surface area contributed by atoms with Gasteiger partial charge in [-0.3, -0.25) is 0 Å². The van der Waals surface area contributed by atoms with Crippen molar-refractivity contribution in [1.82, 2.24) is 0 Å². The number of esters is 1. The van der Waals surface area contributed by atoms with Gasteiger partial charge in [0, 0.05) is 4.90 Å². The van der Waals surface area contributed by atoms with Crippen molar-refractivity contribution in [3.63, 3.8) is 0 Å². The zero-order valence-corrected chi connectivity index (χ0v) is 10.6. The predicted octanol–water partition coefficient (Wildman–Crippen LogP) is 2.61. The van der Waals surface area contributed by atoms with Crippen LogP contribution in [0.15, 0.2) is 23.1 Å². The molecule has 0 aliphatic carbocycles. The minimum atomic E-state index is -0.592. The van der Waals surface area contributed by atoms with Crippen LogP contribution in [0.4, 0.5) is 0 Å². The average molecular weight is 240 g/mol. The van der Waals surface area contributed by atoms with Crippen molar-refractivity contribution >= 4 is 18.6 Å². The van der Waals surface area contributed by atoms with E-state index in [2.05, 4.69) is 12.6 Å². The van der Waals surface area contributed by atoms with E-state index in [1.54, 1.807) is 19.9 Å². The molecule has 0 amide bonds. The Morgan fingerprint density at radius 1 is 1.50 bits per heavy atom. The normalized spacial score (nSPS) is 12.0. The average Bonchev–Trinajstić information content (AvgIpc) is 2.24. The molecular weight excluding hydrogens is 224 g/mol. The van der Waals surface area contributed by atoms with E-state index in [1.807, 2.05) is 19.1 Å². The fourth-order valence-electron chi connectivity index (χ4n) is 1.21. The Hall–Kier alpha value is -1.16. The van der Waals surface area contributed by atoms with E-state index in [4.69, 9.17) is 9.47 Å². The highest BCUT2D eigenvalue weighted by atomic mass is 32.1. The van der Waals surface area contributed by atoms with Crippen LogP contribution in [0.3, 0.4) is 0 Å². The van der Waals surface area contributed by atoms with Gasteiger partial charge in [0.05, 0.1) is 6.61 Å². The molecule has 4 heteroatoms. The van der Waals surface area contributed by atoms with Crippen molar-refractivity contribution in [2.45, 2.75) is 31.8 Å². The Bertz CT molecular complexity index is 377. The summed E-state index contributed by atoms with van der Waals surface area (Å²) in [6.07, 6.45) is -0.592. The monoisotopic (exact) mass is 240 g/mol. The van der Waals surface area contributed by atoms with Gasteiger partial charge < -0.3 is 9.47 Å². The third-order valence-corrected chi connectivity index (χ3v) is 2.60. The number of hydrogen-bond acceptors (Lipinski definition) is 4. The van der Waals surface area contributed by atoms with Gasteiger partial charge in [0.25, 0.3) is 0 Å². The Morgan fingerprint density at radius 2 is 2.19 bits per heavy atom. The fraction of sp³-hybridized carbons (Fsp3) is 0.417. The maximum absolute atomic E-state index is 11.3. The second-order valence-electron chi connectivity index (χ2n) is 3.46. The largest absolute Gasteiger partial charge is 0.479 e. The molecular formula is C12H16O3S. The van der Waals surface area contributed by atoms with Gasteiger partial charge in [-0.25, -0.2) is 4.79 Å². The molecule has 1 atom stereocenters. The summed E-state index contributed by atoms with van der Waals surface area (Å²) in [5, 5.41) is 0. The lowest BCUT2D eigenvalue weighted by atomic mass is 10.2. The standard InChI is InChI=1S/C12H16O3S/c1-4-14-12(13)9(3)15-10-5-6-11(16)8(2)7-10/h5-7,9,16H,4H2,1-3H3. The molecule has 0 aliphatic rings. The van der Waals surface area contributed by atoms with E-state index < -0.39 is 6.10 Å². The van der Waals surface area contributed by atoms with Gasteiger partial charge in [-0.1, -0.05) is 0 Å². The molecule has 1 aromatic rings. The first-order chi connectivity index (χ1) is 7.54. The van der Waals surface area contributed by atoms with Gasteiger partial charge in [0.15, 0.2) is 6.10 Å². The molecule has 0 fully saturated rings. The van der Waals surface area contributed by atoms with Crippen molar-refractivity contribution < 1.29 is 14.3 Å². The molecule has 16 heavy (non-hydrogen) atoms. The molecule has 0 saturated carbocycles. The summed E-state index contributed by atoms with van der Waals surface area (Å²) in [4.78, 5) is 12.2. The minimum absolute atomic E-state index is 0.352. The number of ether oxygens (including phenoxy) is 2. The summed E-state index contributed by atoms with van der Waals surface area (Å²) in [6.45, 7) is 5.73. The Kier molecular flexibility index (Phi) is 4.68. The number of aryl methyl sites for hydroxylation is 1. The number of carbonyl (C=O) groups is 1. The maximum atomic E-state index is 11.3. The van der Waals surface area contributed by atoms with E-state index in [0.29, 0.717) is 12.4 Å². The second kappa shape index (κ2) is 5.80. The molecule has 1 rings (SSSR count). The number of thiol groups is 1. The Morgan fingerprint density at radius 3 is 2.75 bits per heavy atom. The van der Waals surface area contributed by atoms with Gasteiger partial charge in [-0.05, 0) is 44.5 Å². The van der Waals surface area contributed by atoms with Crippen LogP contribution in [-0.4, -0.2) is 18.7 Å². The third kappa shape index (κ3) is 3.45. The van der Waals surface area contributed by atoms with E-state index in [9.17, 15) is 4.79 Å². The molecule has 88 valence electrons. The Labute approximate surface area is 101 Å². The van der Waals surface area contributed by atoms with Crippen molar-refractivity contribution in [2.75, 3.05) is 6.61 Å². The highest BCUT2D eigenvalue weighted by Crippen LogP contribution is 2.20. The lowest BCUT2D eigenvalue weighted by Crippen LogP contribution is -2.26. The smallest absolute Gasteiger partial charge is 0.347 e. The van der Waals surface area contributed by atoms with Crippen LogP contribution >= 0.6 is 12.6 Å². The number of carbonyl (C=O) groups excluding carboxylic acids is 1. The number of hydrogen-bond donors (Lipinski definition) is 1. The number of benzene rings is 1. The van der Waals surface area contributed by atoms with Gasteiger partial charge in [-0.15, -0.1) is 12.6 Å². The van der Waals surface area contributed by atoms with Gasteiger partial charge in [-0.2, -0.15) is 0 Å². The maximum Gasteiger partial charge on any atom is 0.347 e. The second-order valence-corrected chi connectivity index (χ2v) is 3.94. The van der Waals surface area contributed by atoms with Crippen molar-refractivity contribution in [3.05, 3.63) is 23.8 Å². The molecule has 0 radical (unpaired) electrons. The quantitative estimate of drug-likeness (QED) is 0.649. The molecule has 0 saturated heterocycles. The van der Waals surface area contributed by atoms with Gasteiger partial charge in [0.2, 0.25) is 0 Å². The molecule has 1 aromatic carbocycles. The van der Waals surface area contributed by atoms with Crippen LogP contribution in [-0.2, 0) is 9.53 Å². The summed E-state index contributed by atoms with van der Waals surface area (Å²) in [5.74, 6) is 0.297. The first-order valence-corrected chi connectivity index (χ1v) is 5.62. The summed E-state index contributed by atoms with van der Waals surface area (Å²) in [6, 6.07) is 5.47. The molecule has 0 aromatic heterocycles. The zero-order valence-electron chi connectivity index (χ0n) is 9.69. The predicted molar refractivity (Wildman–Crippen MR) is 65.2 cm³/mol. The van der Waals surface area contributed by atoms with E-state index in [1.165, 1.54) is 0 Å². The molecule has 0 N–H and O–H groups in total. The van der Waals surface area contributed by atoms with Crippen LogP contribution in [0.2, 0.25) is 0 Å². The third-order valence-electron chi connectivity index (χ3n) is 2.10. The lowest BCUT2D eigenvalue weighted by molar-refractivity contribution is -0.150. The van der Waals surface area contributed by atoms with E-state index in [-0.39, 0.29) is 5.97 Å². The number of rotatable bonds is 4. The molecule has 0 bridgehead atoms. The molecule has 3 nitrogen and oxygen atoms in total. The van der Waals surface area contributed by atoms with Crippen molar-refractivity contribution in [3.8, 4) is 5.75 Å². The summed E-state index contributed by atoms with van der Waals surface area (Å²) in [7, 11) is 0. The molecule has 0 heterocycles. The topological polar surface area (TPSA) is 35.5 Å². The zero-order chi connectivity index (χ0) is 12.1. The van der Waals surface area contributed by atoms with Crippen LogP contribution in [0.25, 0.3) is 0 Å². The van der Waals surface area contributed by atoms with Crippen LogP contribution in [0, 0.1) is 6.92 Å². The highest BCUT2D eigenvalue weighted by molar-refractivity contribution is 7.80.